The number of rotatable bonds is 6. The van der Waals surface area contributed by atoms with E-state index in [-0.39, 0.29) is 12.3 Å². The second-order valence-corrected chi connectivity index (χ2v) is 5.44. The lowest BCUT2D eigenvalue weighted by molar-refractivity contribution is -0.121. The summed E-state index contributed by atoms with van der Waals surface area (Å²) in [5.74, 6) is -0.145. The molecule has 0 heterocycles. The zero-order chi connectivity index (χ0) is 16.7. The van der Waals surface area contributed by atoms with E-state index < -0.39 is 12.1 Å². The van der Waals surface area contributed by atoms with Gasteiger partial charge in [-0.05, 0) is 18.1 Å². The lowest BCUT2D eigenvalue weighted by Crippen LogP contribution is -2.36. The highest BCUT2D eigenvalue weighted by atomic mass is 16.2. The Morgan fingerprint density at radius 2 is 1.70 bits per heavy atom. The van der Waals surface area contributed by atoms with Gasteiger partial charge in [-0.25, -0.2) is 4.79 Å². The van der Waals surface area contributed by atoms with Gasteiger partial charge in [0.05, 0.1) is 12.5 Å². The van der Waals surface area contributed by atoms with E-state index in [1.54, 1.807) is 0 Å². The number of amides is 3. The van der Waals surface area contributed by atoms with Crippen LogP contribution in [0.2, 0.25) is 0 Å². The van der Waals surface area contributed by atoms with Crippen molar-refractivity contribution in [2.75, 3.05) is 0 Å². The highest BCUT2D eigenvalue weighted by Gasteiger charge is 2.17. The maximum atomic E-state index is 12.1. The van der Waals surface area contributed by atoms with E-state index in [2.05, 4.69) is 10.6 Å². The second-order valence-electron chi connectivity index (χ2n) is 5.44. The highest BCUT2D eigenvalue weighted by Crippen LogP contribution is 2.16. The van der Waals surface area contributed by atoms with Crippen LogP contribution in [0.1, 0.15) is 29.2 Å². The molecule has 0 spiro atoms. The minimum atomic E-state index is -0.648. The Kier molecular flexibility index (Phi) is 5.74. The third-order valence-electron chi connectivity index (χ3n) is 3.52. The summed E-state index contributed by atoms with van der Waals surface area (Å²) in [5.41, 5.74) is 8.25. The Balaban J connectivity index is 1.94. The molecule has 0 bridgehead atoms. The number of primary amides is 1. The molecule has 5 heteroatoms. The molecule has 0 aromatic heterocycles. The van der Waals surface area contributed by atoms with Gasteiger partial charge in [0.25, 0.3) is 0 Å². The van der Waals surface area contributed by atoms with Gasteiger partial charge in [-0.1, -0.05) is 60.2 Å². The van der Waals surface area contributed by atoms with Gasteiger partial charge in [0.15, 0.2) is 0 Å². The number of nitrogens with one attached hydrogen (secondary N) is 2. The summed E-state index contributed by atoms with van der Waals surface area (Å²) >= 11 is 0. The van der Waals surface area contributed by atoms with Crippen LogP contribution in [-0.4, -0.2) is 11.9 Å². The van der Waals surface area contributed by atoms with Gasteiger partial charge in [0.2, 0.25) is 5.91 Å². The first-order valence-corrected chi connectivity index (χ1v) is 7.48. The maximum absolute atomic E-state index is 12.1. The molecule has 0 aliphatic heterocycles. The van der Waals surface area contributed by atoms with Crippen molar-refractivity contribution in [3.8, 4) is 0 Å². The van der Waals surface area contributed by atoms with Crippen LogP contribution in [0.3, 0.4) is 0 Å². The third-order valence-corrected chi connectivity index (χ3v) is 3.52. The van der Waals surface area contributed by atoms with E-state index in [9.17, 15) is 9.59 Å². The van der Waals surface area contributed by atoms with Crippen molar-refractivity contribution in [3.63, 3.8) is 0 Å². The number of benzene rings is 2. The molecule has 0 unspecified atom stereocenters. The summed E-state index contributed by atoms with van der Waals surface area (Å²) in [6, 6.07) is 16.2. The normalized spacial score (nSPS) is 11.5. The van der Waals surface area contributed by atoms with E-state index >= 15 is 0 Å². The average molecular weight is 311 g/mol. The van der Waals surface area contributed by atoms with Crippen LogP contribution < -0.4 is 16.4 Å². The first-order chi connectivity index (χ1) is 11.0. The summed E-state index contributed by atoms with van der Waals surface area (Å²) in [5, 5.41) is 5.47. The minimum Gasteiger partial charge on any atom is -0.352 e. The number of nitrogens with two attached hydrogens (primary N) is 1. The van der Waals surface area contributed by atoms with E-state index in [0.29, 0.717) is 6.54 Å². The van der Waals surface area contributed by atoms with E-state index in [1.807, 2.05) is 61.5 Å². The molecule has 0 aliphatic rings. The van der Waals surface area contributed by atoms with Crippen molar-refractivity contribution in [2.45, 2.75) is 25.9 Å². The van der Waals surface area contributed by atoms with Crippen LogP contribution in [-0.2, 0) is 11.3 Å². The SMILES string of the molecule is Cc1ccc(CNC(=O)C[C@H](NC(N)=O)c2ccccc2)cc1. The number of urea groups is 1. The van der Waals surface area contributed by atoms with Crippen LogP contribution in [0.25, 0.3) is 0 Å². The molecular weight excluding hydrogens is 290 g/mol. The fourth-order valence-electron chi connectivity index (χ4n) is 2.27. The van der Waals surface area contributed by atoms with Gasteiger partial charge >= 0.3 is 6.03 Å². The summed E-state index contributed by atoms with van der Waals surface area (Å²) in [7, 11) is 0. The van der Waals surface area contributed by atoms with Gasteiger partial charge < -0.3 is 16.4 Å². The smallest absolute Gasteiger partial charge is 0.312 e. The molecule has 0 radical (unpaired) electrons. The average Bonchev–Trinajstić information content (AvgIpc) is 2.54. The quantitative estimate of drug-likeness (QED) is 0.765. The predicted molar refractivity (Wildman–Crippen MR) is 89.5 cm³/mol. The Morgan fingerprint density at radius 1 is 1.04 bits per heavy atom. The van der Waals surface area contributed by atoms with E-state index in [1.165, 1.54) is 5.56 Å². The number of aryl methyl sites for hydroxylation is 1. The third kappa shape index (κ3) is 5.47. The van der Waals surface area contributed by atoms with Gasteiger partial charge in [0, 0.05) is 6.54 Å². The molecule has 2 aromatic carbocycles. The van der Waals surface area contributed by atoms with Crippen LogP contribution in [0.5, 0.6) is 0 Å². The second kappa shape index (κ2) is 7.98. The number of hydrogen-bond acceptors (Lipinski definition) is 2. The van der Waals surface area contributed by atoms with Crippen LogP contribution in [0, 0.1) is 6.92 Å². The van der Waals surface area contributed by atoms with Crippen LogP contribution in [0.4, 0.5) is 4.79 Å². The monoisotopic (exact) mass is 311 g/mol. The molecule has 0 aliphatic carbocycles. The fraction of sp³-hybridized carbons (Fsp3) is 0.222. The largest absolute Gasteiger partial charge is 0.352 e. The van der Waals surface area contributed by atoms with E-state index in [0.717, 1.165) is 11.1 Å². The molecular formula is C18H21N3O2. The lowest BCUT2D eigenvalue weighted by Gasteiger charge is -2.17. The molecule has 0 saturated carbocycles. The summed E-state index contributed by atoms with van der Waals surface area (Å²) in [6.07, 6.45) is 0.138. The van der Waals surface area contributed by atoms with Crippen molar-refractivity contribution in [1.82, 2.24) is 10.6 Å². The lowest BCUT2D eigenvalue weighted by atomic mass is 10.0. The molecule has 120 valence electrons. The molecule has 0 fully saturated rings. The van der Waals surface area contributed by atoms with Gasteiger partial charge in [0.1, 0.15) is 0 Å². The predicted octanol–water partition coefficient (Wildman–Crippen LogP) is 2.41. The molecule has 0 saturated heterocycles. The standard InChI is InChI=1S/C18H21N3O2/c1-13-7-9-14(10-8-13)12-20-17(22)11-16(21-18(19)23)15-5-3-2-4-6-15/h2-10,16H,11-12H2,1H3,(H,20,22)(H3,19,21,23)/t16-/m0/s1. The molecule has 2 rings (SSSR count). The number of carbonyl (C=O) groups excluding carboxylic acids is 2. The zero-order valence-corrected chi connectivity index (χ0v) is 13.1. The molecule has 3 amide bonds. The molecule has 5 nitrogen and oxygen atoms in total. The van der Waals surface area contributed by atoms with Crippen molar-refractivity contribution in [2.24, 2.45) is 5.73 Å². The topological polar surface area (TPSA) is 84.2 Å². The van der Waals surface area contributed by atoms with Crippen molar-refractivity contribution in [1.29, 1.82) is 0 Å². The van der Waals surface area contributed by atoms with Crippen LogP contribution >= 0.6 is 0 Å². The first kappa shape index (κ1) is 16.5. The maximum Gasteiger partial charge on any atom is 0.312 e. The summed E-state index contributed by atoms with van der Waals surface area (Å²) in [6.45, 7) is 2.47. The van der Waals surface area contributed by atoms with Crippen molar-refractivity contribution < 1.29 is 9.59 Å². The van der Waals surface area contributed by atoms with Crippen LogP contribution in [0.15, 0.2) is 54.6 Å². The Bertz CT molecular complexity index is 654. The van der Waals surface area contributed by atoms with Gasteiger partial charge in [-0.2, -0.15) is 0 Å². The zero-order valence-electron chi connectivity index (χ0n) is 13.1. The highest BCUT2D eigenvalue weighted by molar-refractivity contribution is 5.78. The number of carbonyl (C=O) groups is 2. The van der Waals surface area contributed by atoms with Crippen molar-refractivity contribution in [3.05, 3.63) is 71.3 Å². The first-order valence-electron chi connectivity index (χ1n) is 7.48. The minimum absolute atomic E-state index is 0.138. The molecule has 1 atom stereocenters. The van der Waals surface area contributed by atoms with Gasteiger partial charge in [-0.15, -0.1) is 0 Å². The summed E-state index contributed by atoms with van der Waals surface area (Å²) < 4.78 is 0. The Labute approximate surface area is 135 Å². The Morgan fingerprint density at radius 3 is 2.30 bits per heavy atom. The number of hydrogen-bond donors (Lipinski definition) is 3. The molecule has 2 aromatic rings. The van der Waals surface area contributed by atoms with Gasteiger partial charge in [-0.3, -0.25) is 4.79 Å². The van der Waals surface area contributed by atoms with Crippen molar-refractivity contribution >= 4 is 11.9 Å². The molecule has 23 heavy (non-hydrogen) atoms. The summed E-state index contributed by atoms with van der Waals surface area (Å²) in [4.78, 5) is 23.3. The Hall–Kier alpha value is -2.82. The van der Waals surface area contributed by atoms with E-state index in [4.69, 9.17) is 5.73 Å². The molecule has 4 N–H and O–H groups in total. The fourth-order valence-corrected chi connectivity index (χ4v) is 2.27.